The lowest BCUT2D eigenvalue weighted by Gasteiger charge is -2.19. The summed E-state index contributed by atoms with van der Waals surface area (Å²) in [6, 6.07) is 9.77. The van der Waals surface area contributed by atoms with Gasteiger partial charge in [-0.1, -0.05) is 32.9 Å². The maximum Gasteiger partial charge on any atom is 0.277 e. The Bertz CT molecular complexity index is 905. The Morgan fingerprint density at radius 2 is 1.96 bits per heavy atom. The third-order valence-corrected chi connectivity index (χ3v) is 4.38. The van der Waals surface area contributed by atoms with Gasteiger partial charge in [-0.2, -0.15) is 5.10 Å². The Kier molecular flexibility index (Phi) is 6.74. The van der Waals surface area contributed by atoms with Gasteiger partial charge >= 0.3 is 0 Å². The first-order valence-electron chi connectivity index (χ1n) is 8.30. The van der Waals surface area contributed by atoms with Gasteiger partial charge in [0.15, 0.2) is 6.61 Å². The number of hydrogen-bond acceptors (Lipinski definition) is 6. The zero-order chi connectivity index (χ0) is 20.9. The number of nitrogens with zero attached hydrogens (tertiary/aromatic N) is 2. The van der Waals surface area contributed by atoms with Crippen LogP contribution in [-0.2, 0) is 10.2 Å². The average molecular weight is 450 g/mol. The number of rotatable bonds is 6. The Morgan fingerprint density at radius 1 is 1.32 bits per heavy atom. The van der Waals surface area contributed by atoms with E-state index in [0.29, 0.717) is 5.75 Å². The van der Waals surface area contributed by atoms with Gasteiger partial charge < -0.3 is 9.84 Å². The fraction of sp³-hybridized carbons (Fsp3) is 0.263. The highest BCUT2D eigenvalue weighted by atomic mass is 79.9. The number of aromatic hydroxyl groups is 1. The van der Waals surface area contributed by atoms with Crippen molar-refractivity contribution >= 4 is 33.7 Å². The molecular formula is C19H20BrN3O5. The number of nitro groups is 1. The molecule has 28 heavy (non-hydrogen) atoms. The third kappa shape index (κ3) is 5.78. The maximum absolute atomic E-state index is 11.8. The molecule has 2 rings (SSSR count). The largest absolute Gasteiger partial charge is 0.506 e. The minimum atomic E-state index is -0.598. The highest BCUT2D eigenvalue weighted by Gasteiger charge is 2.14. The van der Waals surface area contributed by atoms with Crippen molar-refractivity contribution in [3.05, 3.63) is 62.1 Å². The minimum Gasteiger partial charge on any atom is -0.506 e. The van der Waals surface area contributed by atoms with Gasteiger partial charge in [0.1, 0.15) is 11.5 Å². The van der Waals surface area contributed by atoms with Crippen molar-refractivity contribution in [3.8, 4) is 11.5 Å². The summed E-state index contributed by atoms with van der Waals surface area (Å²) in [5.41, 5.74) is 3.28. The molecule has 0 heterocycles. The predicted molar refractivity (Wildman–Crippen MR) is 109 cm³/mol. The highest BCUT2D eigenvalue weighted by molar-refractivity contribution is 9.10. The van der Waals surface area contributed by atoms with E-state index in [4.69, 9.17) is 4.74 Å². The summed E-state index contributed by atoms with van der Waals surface area (Å²) in [6.07, 6.45) is 1.11. The third-order valence-electron chi connectivity index (χ3n) is 3.77. The number of benzene rings is 2. The second-order valence-corrected chi connectivity index (χ2v) is 7.83. The topological polar surface area (TPSA) is 114 Å². The second-order valence-electron chi connectivity index (χ2n) is 6.98. The fourth-order valence-electron chi connectivity index (χ4n) is 2.22. The molecule has 148 valence electrons. The number of non-ortho nitro benzene ring substituents is 1. The normalized spacial score (nSPS) is 11.4. The molecule has 2 N–H and O–H groups in total. The van der Waals surface area contributed by atoms with Gasteiger partial charge in [-0.05, 0) is 39.0 Å². The van der Waals surface area contributed by atoms with Gasteiger partial charge in [0.25, 0.3) is 11.6 Å². The first-order valence-corrected chi connectivity index (χ1v) is 9.09. The lowest BCUT2D eigenvalue weighted by Crippen LogP contribution is -2.24. The molecular weight excluding hydrogens is 430 g/mol. The van der Waals surface area contributed by atoms with E-state index >= 15 is 0 Å². The number of ether oxygens (including phenoxy) is 1. The van der Waals surface area contributed by atoms with Crippen molar-refractivity contribution in [2.24, 2.45) is 5.10 Å². The summed E-state index contributed by atoms with van der Waals surface area (Å²) in [7, 11) is 0. The van der Waals surface area contributed by atoms with Crippen LogP contribution in [0.3, 0.4) is 0 Å². The Labute approximate surface area is 170 Å². The number of phenols is 1. The van der Waals surface area contributed by atoms with E-state index in [1.54, 1.807) is 12.1 Å². The number of phenolic OH excluding ortho intramolecular Hbond substituents is 1. The van der Waals surface area contributed by atoms with E-state index in [1.165, 1.54) is 6.07 Å². The first kappa shape index (κ1) is 21.4. The van der Waals surface area contributed by atoms with Gasteiger partial charge in [0.05, 0.1) is 15.6 Å². The van der Waals surface area contributed by atoms with Crippen LogP contribution in [0.15, 0.2) is 46.0 Å². The molecule has 0 unspecified atom stereocenters. The zero-order valence-corrected chi connectivity index (χ0v) is 17.2. The SMILES string of the molecule is CC(C)(C)c1ccc(OCC(=O)N/N=C/c2cc([N+](=O)[O-])cc(Br)c2O)cc1. The molecule has 0 bridgehead atoms. The molecule has 2 aromatic rings. The number of amides is 1. The van der Waals surface area contributed by atoms with Crippen molar-refractivity contribution in [2.75, 3.05) is 6.61 Å². The van der Waals surface area contributed by atoms with Crippen molar-refractivity contribution in [1.82, 2.24) is 5.43 Å². The molecule has 1 amide bonds. The molecule has 0 spiro atoms. The van der Waals surface area contributed by atoms with Crippen LogP contribution in [-0.4, -0.2) is 28.8 Å². The predicted octanol–water partition coefficient (Wildman–Crippen LogP) is 3.89. The molecule has 0 aliphatic heterocycles. The van der Waals surface area contributed by atoms with E-state index in [2.05, 4.69) is 47.2 Å². The number of nitro benzene ring substituents is 1. The molecule has 0 radical (unpaired) electrons. The summed E-state index contributed by atoms with van der Waals surface area (Å²) in [5.74, 6) is -0.189. The molecule has 0 aliphatic carbocycles. The van der Waals surface area contributed by atoms with Crippen LogP contribution in [0.1, 0.15) is 31.9 Å². The Morgan fingerprint density at radius 3 is 2.54 bits per heavy atom. The summed E-state index contributed by atoms with van der Waals surface area (Å²) < 4.78 is 5.55. The second kappa shape index (κ2) is 8.83. The lowest BCUT2D eigenvalue weighted by atomic mass is 9.87. The number of carbonyl (C=O) groups excluding carboxylic acids is 1. The molecule has 8 nitrogen and oxygen atoms in total. The van der Waals surface area contributed by atoms with E-state index in [-0.39, 0.29) is 33.5 Å². The van der Waals surface area contributed by atoms with E-state index < -0.39 is 10.8 Å². The van der Waals surface area contributed by atoms with Gasteiger partial charge in [-0.15, -0.1) is 0 Å². The van der Waals surface area contributed by atoms with Gasteiger partial charge in [-0.25, -0.2) is 5.43 Å². The quantitative estimate of drug-likeness (QED) is 0.394. The zero-order valence-electron chi connectivity index (χ0n) is 15.6. The van der Waals surface area contributed by atoms with Crippen LogP contribution < -0.4 is 10.2 Å². The van der Waals surface area contributed by atoms with Crippen LogP contribution in [0.25, 0.3) is 0 Å². The maximum atomic E-state index is 11.8. The number of hydrogen-bond donors (Lipinski definition) is 2. The van der Waals surface area contributed by atoms with Gasteiger partial charge in [-0.3, -0.25) is 14.9 Å². The number of hydrazone groups is 1. The van der Waals surface area contributed by atoms with Crippen LogP contribution in [0.5, 0.6) is 11.5 Å². The average Bonchev–Trinajstić information content (AvgIpc) is 2.62. The molecule has 9 heteroatoms. The van der Waals surface area contributed by atoms with Crippen molar-refractivity contribution in [2.45, 2.75) is 26.2 Å². The van der Waals surface area contributed by atoms with Gasteiger partial charge in [0.2, 0.25) is 0 Å². The van der Waals surface area contributed by atoms with E-state index in [1.807, 2.05) is 12.1 Å². The van der Waals surface area contributed by atoms with Crippen molar-refractivity contribution in [1.29, 1.82) is 0 Å². The summed E-state index contributed by atoms with van der Waals surface area (Å²) in [4.78, 5) is 22.1. The minimum absolute atomic E-state index is 0.0255. The van der Waals surface area contributed by atoms with Crippen LogP contribution in [0.2, 0.25) is 0 Å². The fourth-order valence-corrected chi connectivity index (χ4v) is 2.68. The number of nitrogens with one attached hydrogen (secondary N) is 1. The molecule has 2 aromatic carbocycles. The number of carbonyl (C=O) groups is 1. The molecule has 0 saturated carbocycles. The van der Waals surface area contributed by atoms with Crippen LogP contribution in [0, 0.1) is 10.1 Å². The van der Waals surface area contributed by atoms with Crippen LogP contribution >= 0.6 is 15.9 Å². The molecule has 0 saturated heterocycles. The molecule has 0 aromatic heterocycles. The highest BCUT2D eigenvalue weighted by Crippen LogP contribution is 2.31. The Balaban J connectivity index is 1.93. The van der Waals surface area contributed by atoms with Gasteiger partial charge in [0, 0.05) is 17.7 Å². The lowest BCUT2D eigenvalue weighted by molar-refractivity contribution is -0.385. The van der Waals surface area contributed by atoms with E-state index in [0.717, 1.165) is 17.8 Å². The summed E-state index contributed by atoms with van der Waals surface area (Å²) >= 11 is 3.03. The smallest absolute Gasteiger partial charge is 0.277 e. The number of halogens is 1. The monoisotopic (exact) mass is 449 g/mol. The van der Waals surface area contributed by atoms with Crippen molar-refractivity contribution in [3.63, 3.8) is 0 Å². The molecule has 0 atom stereocenters. The summed E-state index contributed by atoms with van der Waals surface area (Å²) in [5, 5.41) is 24.5. The molecule has 0 aliphatic rings. The van der Waals surface area contributed by atoms with Crippen LogP contribution in [0.4, 0.5) is 5.69 Å². The van der Waals surface area contributed by atoms with E-state index in [9.17, 15) is 20.0 Å². The molecule has 0 fully saturated rings. The standard InChI is InChI=1S/C19H20BrN3O5/c1-19(2,3)13-4-6-15(7-5-13)28-11-17(24)22-21-10-12-8-14(23(26)27)9-16(20)18(12)25/h4-10,25H,11H2,1-3H3,(H,22,24)/b21-10+. The summed E-state index contributed by atoms with van der Waals surface area (Å²) in [6.45, 7) is 6.06. The first-order chi connectivity index (χ1) is 13.1. The van der Waals surface area contributed by atoms with Crippen molar-refractivity contribution < 1.29 is 19.6 Å². The Hall–Kier alpha value is -2.94.